The van der Waals surface area contributed by atoms with Crippen molar-refractivity contribution >= 4 is 23.5 Å². The maximum Gasteiger partial charge on any atom is 0.270 e. The molecule has 0 spiro atoms. The van der Waals surface area contributed by atoms with Crippen LogP contribution in [0.1, 0.15) is 35.3 Å². The Bertz CT molecular complexity index is 1030. The van der Waals surface area contributed by atoms with Crippen LogP contribution in [-0.2, 0) is 0 Å². The van der Waals surface area contributed by atoms with E-state index in [4.69, 9.17) is 0 Å². The second kappa shape index (κ2) is 7.10. The zero-order valence-corrected chi connectivity index (χ0v) is 15.1. The first-order chi connectivity index (χ1) is 13.5. The monoisotopic (exact) mass is 378 g/mol. The molecule has 3 aromatic rings. The Hall–Kier alpha value is -3.75. The highest BCUT2D eigenvalue weighted by Gasteiger charge is 2.28. The average molecular weight is 378 g/mol. The van der Waals surface area contributed by atoms with Gasteiger partial charge < -0.3 is 5.32 Å². The number of carbonyl (C=O) groups excluding carboxylic acids is 1. The Morgan fingerprint density at radius 2 is 2.04 bits per heavy atom. The third kappa shape index (κ3) is 3.41. The van der Waals surface area contributed by atoms with Gasteiger partial charge in [0.25, 0.3) is 17.5 Å². The molecule has 9 heteroatoms. The summed E-state index contributed by atoms with van der Waals surface area (Å²) in [6, 6.07) is 15.7. The lowest BCUT2D eigenvalue weighted by molar-refractivity contribution is -0.384. The molecule has 1 aliphatic heterocycles. The van der Waals surface area contributed by atoms with Crippen LogP contribution in [0.15, 0.2) is 54.6 Å². The molecule has 1 aliphatic rings. The summed E-state index contributed by atoms with van der Waals surface area (Å²) in [6.45, 7) is 2.06. The van der Waals surface area contributed by atoms with Crippen molar-refractivity contribution in [1.29, 1.82) is 0 Å². The van der Waals surface area contributed by atoms with Gasteiger partial charge in [-0.3, -0.25) is 20.2 Å². The van der Waals surface area contributed by atoms with Gasteiger partial charge in [0, 0.05) is 23.7 Å². The van der Waals surface area contributed by atoms with Crippen molar-refractivity contribution in [3.8, 4) is 0 Å². The van der Waals surface area contributed by atoms with E-state index in [1.165, 1.54) is 24.3 Å². The van der Waals surface area contributed by atoms with E-state index < -0.39 is 10.8 Å². The molecule has 1 aromatic heterocycles. The average Bonchev–Trinajstić information content (AvgIpc) is 3.10. The summed E-state index contributed by atoms with van der Waals surface area (Å²) >= 11 is 0. The van der Waals surface area contributed by atoms with E-state index in [2.05, 4.69) is 27.6 Å². The molecule has 142 valence electrons. The van der Waals surface area contributed by atoms with Crippen LogP contribution in [0.5, 0.6) is 0 Å². The SMILES string of the molecule is C[C@@H]1C[C@H](c2ccccc2)n2nc(NC(=O)c3cccc([N+](=O)[O-])c3)nc2N1. The van der Waals surface area contributed by atoms with Crippen molar-refractivity contribution in [2.75, 3.05) is 10.6 Å². The number of aromatic nitrogens is 3. The van der Waals surface area contributed by atoms with Crippen LogP contribution < -0.4 is 10.6 Å². The first kappa shape index (κ1) is 17.7. The van der Waals surface area contributed by atoms with Crippen molar-refractivity contribution in [2.45, 2.75) is 25.4 Å². The first-order valence-corrected chi connectivity index (χ1v) is 8.85. The van der Waals surface area contributed by atoms with Gasteiger partial charge in [-0.25, -0.2) is 4.68 Å². The second-order valence-corrected chi connectivity index (χ2v) is 6.67. The highest BCUT2D eigenvalue weighted by atomic mass is 16.6. The van der Waals surface area contributed by atoms with E-state index in [0.29, 0.717) is 5.95 Å². The molecule has 0 saturated heterocycles. The minimum Gasteiger partial charge on any atom is -0.352 e. The van der Waals surface area contributed by atoms with Gasteiger partial charge in [-0.1, -0.05) is 36.4 Å². The van der Waals surface area contributed by atoms with E-state index in [-0.39, 0.29) is 29.3 Å². The molecule has 0 radical (unpaired) electrons. The molecule has 9 nitrogen and oxygen atoms in total. The van der Waals surface area contributed by atoms with Crippen LogP contribution in [0.25, 0.3) is 0 Å². The minimum atomic E-state index is -0.542. The summed E-state index contributed by atoms with van der Waals surface area (Å²) < 4.78 is 1.76. The summed E-state index contributed by atoms with van der Waals surface area (Å²) in [5.41, 5.74) is 1.13. The fourth-order valence-corrected chi connectivity index (χ4v) is 3.29. The summed E-state index contributed by atoms with van der Waals surface area (Å²) in [4.78, 5) is 27.2. The summed E-state index contributed by atoms with van der Waals surface area (Å²) in [6.07, 6.45) is 0.832. The molecule has 4 rings (SSSR count). The van der Waals surface area contributed by atoms with Crippen LogP contribution in [0.4, 0.5) is 17.6 Å². The van der Waals surface area contributed by atoms with Crippen LogP contribution in [0.3, 0.4) is 0 Å². The van der Waals surface area contributed by atoms with E-state index in [0.717, 1.165) is 12.0 Å². The van der Waals surface area contributed by atoms with Gasteiger partial charge in [0.15, 0.2) is 0 Å². The smallest absolute Gasteiger partial charge is 0.270 e. The van der Waals surface area contributed by atoms with E-state index in [1.807, 2.05) is 30.3 Å². The predicted molar refractivity (Wildman–Crippen MR) is 103 cm³/mol. The fourth-order valence-electron chi connectivity index (χ4n) is 3.29. The number of hydrogen-bond donors (Lipinski definition) is 2. The maximum atomic E-state index is 12.5. The topological polar surface area (TPSA) is 115 Å². The zero-order valence-electron chi connectivity index (χ0n) is 15.1. The lowest BCUT2D eigenvalue weighted by Crippen LogP contribution is -2.31. The van der Waals surface area contributed by atoms with Gasteiger partial charge in [0.1, 0.15) is 0 Å². The number of rotatable bonds is 4. The van der Waals surface area contributed by atoms with E-state index >= 15 is 0 Å². The van der Waals surface area contributed by atoms with Crippen molar-refractivity contribution in [2.24, 2.45) is 0 Å². The Morgan fingerprint density at radius 3 is 2.79 bits per heavy atom. The summed E-state index contributed by atoms with van der Waals surface area (Å²) in [7, 11) is 0. The zero-order chi connectivity index (χ0) is 19.7. The first-order valence-electron chi connectivity index (χ1n) is 8.85. The summed E-state index contributed by atoms with van der Waals surface area (Å²) in [5, 5.41) is 21.2. The lowest BCUT2D eigenvalue weighted by atomic mass is 9.99. The Labute approximate surface area is 160 Å². The highest BCUT2D eigenvalue weighted by molar-refractivity contribution is 6.03. The number of nitrogens with zero attached hydrogens (tertiary/aromatic N) is 4. The summed E-state index contributed by atoms with van der Waals surface area (Å²) in [5.74, 6) is 0.215. The number of nitrogens with one attached hydrogen (secondary N) is 2. The molecular weight excluding hydrogens is 360 g/mol. The molecule has 0 bridgehead atoms. The van der Waals surface area contributed by atoms with Gasteiger partial charge >= 0.3 is 0 Å². The molecule has 2 N–H and O–H groups in total. The highest BCUT2D eigenvalue weighted by Crippen LogP contribution is 2.31. The Kier molecular flexibility index (Phi) is 4.48. The van der Waals surface area contributed by atoms with Gasteiger partial charge in [-0.2, -0.15) is 4.98 Å². The number of hydrogen-bond acceptors (Lipinski definition) is 6. The van der Waals surface area contributed by atoms with Gasteiger partial charge in [-0.15, -0.1) is 5.10 Å². The fraction of sp³-hybridized carbons (Fsp3) is 0.211. The Balaban J connectivity index is 1.60. The number of anilines is 2. The Morgan fingerprint density at radius 1 is 1.25 bits per heavy atom. The number of amides is 1. The third-order valence-electron chi connectivity index (χ3n) is 4.61. The number of nitro groups is 1. The van der Waals surface area contributed by atoms with Crippen molar-refractivity contribution < 1.29 is 9.72 Å². The van der Waals surface area contributed by atoms with Crippen molar-refractivity contribution in [3.63, 3.8) is 0 Å². The van der Waals surface area contributed by atoms with Crippen LogP contribution >= 0.6 is 0 Å². The molecule has 0 saturated carbocycles. The molecule has 2 aromatic carbocycles. The largest absolute Gasteiger partial charge is 0.352 e. The molecule has 28 heavy (non-hydrogen) atoms. The third-order valence-corrected chi connectivity index (χ3v) is 4.61. The molecule has 0 aliphatic carbocycles. The van der Waals surface area contributed by atoms with E-state index in [1.54, 1.807) is 4.68 Å². The predicted octanol–water partition coefficient (Wildman–Crippen LogP) is 3.23. The van der Waals surface area contributed by atoms with E-state index in [9.17, 15) is 14.9 Å². The quantitative estimate of drug-likeness (QED) is 0.532. The number of fused-ring (bicyclic) bond motifs is 1. The standard InChI is InChI=1S/C19H18N6O3/c1-12-10-16(13-6-3-2-4-7-13)24-19(20-12)22-18(23-24)21-17(26)14-8-5-9-15(11-14)25(27)28/h2-9,11-12,16H,10H2,1H3,(H2,20,21,22,23,26)/t12-,16-/m1/s1. The van der Waals surface area contributed by atoms with Crippen LogP contribution in [0.2, 0.25) is 0 Å². The second-order valence-electron chi connectivity index (χ2n) is 6.67. The molecular formula is C19H18N6O3. The van der Waals surface area contributed by atoms with Gasteiger partial charge in [0.2, 0.25) is 5.95 Å². The van der Waals surface area contributed by atoms with Crippen molar-refractivity contribution in [3.05, 3.63) is 75.8 Å². The number of carbonyl (C=O) groups is 1. The van der Waals surface area contributed by atoms with Crippen LogP contribution in [0, 0.1) is 10.1 Å². The lowest BCUT2D eigenvalue weighted by Gasteiger charge is -2.29. The number of benzene rings is 2. The molecule has 2 atom stereocenters. The minimum absolute atomic E-state index is 0.00316. The maximum absolute atomic E-state index is 12.5. The molecule has 1 amide bonds. The molecule has 0 fully saturated rings. The van der Waals surface area contributed by atoms with Gasteiger partial charge in [0.05, 0.1) is 11.0 Å². The number of non-ortho nitro benzene ring substituents is 1. The molecule has 0 unspecified atom stereocenters. The molecule has 2 heterocycles. The normalized spacial score (nSPS) is 18.0. The number of nitro benzene ring substituents is 1. The van der Waals surface area contributed by atoms with Crippen LogP contribution in [-0.4, -0.2) is 31.6 Å². The van der Waals surface area contributed by atoms with Crippen molar-refractivity contribution in [1.82, 2.24) is 14.8 Å². The van der Waals surface area contributed by atoms with Gasteiger partial charge in [-0.05, 0) is 25.0 Å².